The van der Waals surface area contributed by atoms with Gasteiger partial charge in [0.1, 0.15) is 5.82 Å². The molecule has 9 nitrogen and oxygen atoms in total. The fourth-order valence-corrected chi connectivity index (χ4v) is 2.12. The Kier molecular flexibility index (Phi) is 4.75. The lowest BCUT2D eigenvalue weighted by Crippen LogP contribution is -2.31. The van der Waals surface area contributed by atoms with E-state index in [4.69, 9.17) is 16.3 Å². The van der Waals surface area contributed by atoms with E-state index >= 15 is 0 Å². The van der Waals surface area contributed by atoms with Gasteiger partial charge in [-0.3, -0.25) is 15.6 Å². The van der Waals surface area contributed by atoms with E-state index in [0.717, 1.165) is 5.69 Å². The molecular formula is C15H14ClN7O2. The van der Waals surface area contributed by atoms with Crippen LogP contribution < -0.4 is 15.6 Å². The SMILES string of the molecule is COc1ccnc(NNC(=O)c2nc(C)n(-c3ccc(Cl)cc3)n2)n1. The van der Waals surface area contributed by atoms with Crippen LogP contribution in [-0.4, -0.2) is 37.7 Å². The zero-order valence-electron chi connectivity index (χ0n) is 13.4. The molecule has 25 heavy (non-hydrogen) atoms. The first-order valence-corrected chi connectivity index (χ1v) is 7.57. The average molecular weight is 360 g/mol. The van der Waals surface area contributed by atoms with Crippen molar-refractivity contribution in [1.82, 2.24) is 30.2 Å². The van der Waals surface area contributed by atoms with Gasteiger partial charge in [-0.05, 0) is 31.2 Å². The minimum Gasteiger partial charge on any atom is -0.481 e. The van der Waals surface area contributed by atoms with Crippen LogP contribution in [0.2, 0.25) is 5.02 Å². The zero-order chi connectivity index (χ0) is 17.8. The molecule has 0 radical (unpaired) electrons. The van der Waals surface area contributed by atoms with Crippen LogP contribution in [0.5, 0.6) is 5.88 Å². The standard InChI is InChI=1S/C15H14ClN7O2/c1-9-18-13(22-23(9)11-5-3-10(16)4-6-11)14(24)20-21-15-17-8-7-12(19-15)25-2/h3-8H,1-2H3,(H,20,24)(H,17,19,21). The second-order valence-electron chi connectivity index (χ2n) is 4.87. The first-order valence-electron chi connectivity index (χ1n) is 7.20. The summed E-state index contributed by atoms with van der Waals surface area (Å²) >= 11 is 5.88. The maximum Gasteiger partial charge on any atom is 0.309 e. The molecule has 3 rings (SSSR count). The molecule has 0 fully saturated rings. The Morgan fingerprint density at radius 1 is 1.20 bits per heavy atom. The molecule has 0 aliphatic rings. The third-order valence-electron chi connectivity index (χ3n) is 3.17. The summed E-state index contributed by atoms with van der Waals surface area (Å²) < 4.78 is 6.53. The molecule has 2 N–H and O–H groups in total. The van der Waals surface area contributed by atoms with Crippen molar-refractivity contribution in [2.24, 2.45) is 0 Å². The summed E-state index contributed by atoms with van der Waals surface area (Å²) in [7, 11) is 1.49. The first-order chi connectivity index (χ1) is 12.1. The number of aryl methyl sites for hydroxylation is 1. The minimum atomic E-state index is -0.526. The number of rotatable bonds is 5. The highest BCUT2D eigenvalue weighted by Crippen LogP contribution is 2.14. The summed E-state index contributed by atoms with van der Waals surface area (Å²) in [4.78, 5) is 24.3. The lowest BCUT2D eigenvalue weighted by molar-refractivity contribution is 0.0952. The van der Waals surface area contributed by atoms with Gasteiger partial charge in [-0.25, -0.2) is 14.6 Å². The Morgan fingerprint density at radius 3 is 2.68 bits per heavy atom. The van der Waals surface area contributed by atoms with Gasteiger partial charge in [0.2, 0.25) is 17.7 Å². The lowest BCUT2D eigenvalue weighted by atomic mass is 10.3. The van der Waals surface area contributed by atoms with E-state index in [9.17, 15) is 4.79 Å². The van der Waals surface area contributed by atoms with Gasteiger partial charge in [-0.2, -0.15) is 4.98 Å². The summed E-state index contributed by atoms with van der Waals surface area (Å²) in [6.45, 7) is 1.75. The second kappa shape index (κ2) is 7.14. The third-order valence-corrected chi connectivity index (χ3v) is 3.42. The zero-order valence-corrected chi connectivity index (χ0v) is 14.2. The Morgan fingerprint density at radius 2 is 1.96 bits per heavy atom. The van der Waals surface area contributed by atoms with Gasteiger partial charge in [0.15, 0.2) is 0 Å². The van der Waals surface area contributed by atoms with Crippen molar-refractivity contribution in [2.45, 2.75) is 6.92 Å². The molecule has 2 aromatic heterocycles. The molecule has 0 aliphatic heterocycles. The van der Waals surface area contributed by atoms with Crippen molar-refractivity contribution in [1.29, 1.82) is 0 Å². The van der Waals surface area contributed by atoms with Crippen LogP contribution in [0.3, 0.4) is 0 Å². The van der Waals surface area contributed by atoms with E-state index in [1.165, 1.54) is 13.3 Å². The predicted molar refractivity (Wildman–Crippen MR) is 90.8 cm³/mol. The number of carbonyl (C=O) groups is 1. The lowest BCUT2D eigenvalue weighted by Gasteiger charge is -2.05. The topological polar surface area (TPSA) is 107 Å². The minimum absolute atomic E-state index is 0.00264. The van der Waals surface area contributed by atoms with Crippen molar-refractivity contribution in [3.63, 3.8) is 0 Å². The van der Waals surface area contributed by atoms with Gasteiger partial charge < -0.3 is 4.74 Å². The first kappa shape index (κ1) is 16.7. The van der Waals surface area contributed by atoms with Crippen LogP contribution in [0.25, 0.3) is 5.69 Å². The Bertz CT molecular complexity index is 895. The number of aromatic nitrogens is 5. The highest BCUT2D eigenvalue weighted by Gasteiger charge is 2.15. The van der Waals surface area contributed by atoms with Crippen LogP contribution in [0.4, 0.5) is 5.95 Å². The van der Waals surface area contributed by atoms with Crippen molar-refractivity contribution in [2.75, 3.05) is 12.5 Å². The van der Waals surface area contributed by atoms with Gasteiger partial charge in [0, 0.05) is 17.3 Å². The Labute approximate surface area is 148 Å². The summed E-state index contributed by atoms with van der Waals surface area (Å²) in [5.74, 6) is 0.587. The van der Waals surface area contributed by atoms with Gasteiger partial charge in [0.25, 0.3) is 0 Å². The van der Waals surface area contributed by atoms with Gasteiger partial charge in [-0.1, -0.05) is 11.6 Å². The molecule has 0 spiro atoms. The maximum absolute atomic E-state index is 12.2. The van der Waals surface area contributed by atoms with Crippen LogP contribution >= 0.6 is 11.6 Å². The van der Waals surface area contributed by atoms with Crippen LogP contribution in [-0.2, 0) is 0 Å². The van der Waals surface area contributed by atoms with Crippen LogP contribution in [0.1, 0.15) is 16.4 Å². The molecule has 0 unspecified atom stereocenters. The fourth-order valence-electron chi connectivity index (χ4n) is 2.00. The van der Waals surface area contributed by atoms with Crippen molar-refractivity contribution in [3.05, 3.63) is 53.2 Å². The molecule has 0 saturated heterocycles. The summed E-state index contributed by atoms with van der Waals surface area (Å²) in [5, 5.41) is 4.81. The van der Waals surface area contributed by atoms with Crippen molar-refractivity contribution < 1.29 is 9.53 Å². The Balaban J connectivity index is 1.72. The van der Waals surface area contributed by atoms with E-state index in [-0.39, 0.29) is 11.8 Å². The van der Waals surface area contributed by atoms with Crippen molar-refractivity contribution in [3.8, 4) is 11.6 Å². The monoisotopic (exact) mass is 359 g/mol. The molecule has 3 aromatic rings. The number of nitrogens with one attached hydrogen (secondary N) is 2. The number of carbonyl (C=O) groups excluding carboxylic acids is 1. The van der Waals surface area contributed by atoms with Gasteiger partial charge in [-0.15, -0.1) is 5.10 Å². The predicted octanol–water partition coefficient (Wildman–Crippen LogP) is 1.78. The van der Waals surface area contributed by atoms with E-state index in [1.54, 1.807) is 41.9 Å². The number of benzene rings is 1. The van der Waals surface area contributed by atoms with Gasteiger partial charge >= 0.3 is 5.91 Å². The second-order valence-corrected chi connectivity index (χ2v) is 5.31. The molecule has 0 bridgehead atoms. The number of methoxy groups -OCH3 is 1. The summed E-state index contributed by atoms with van der Waals surface area (Å²) in [6, 6.07) is 8.63. The molecule has 1 aromatic carbocycles. The third kappa shape index (κ3) is 3.83. The van der Waals surface area contributed by atoms with E-state index in [1.807, 2.05) is 0 Å². The van der Waals surface area contributed by atoms with Crippen molar-refractivity contribution >= 4 is 23.5 Å². The molecule has 0 aliphatic carbocycles. The molecule has 2 heterocycles. The average Bonchev–Trinajstić information content (AvgIpc) is 3.02. The largest absolute Gasteiger partial charge is 0.481 e. The number of ether oxygens (including phenoxy) is 1. The molecular weight excluding hydrogens is 346 g/mol. The van der Waals surface area contributed by atoms with E-state index in [0.29, 0.717) is 16.7 Å². The fraction of sp³-hybridized carbons (Fsp3) is 0.133. The summed E-state index contributed by atoms with van der Waals surface area (Å²) in [6.07, 6.45) is 1.50. The molecule has 1 amide bonds. The quantitative estimate of drug-likeness (QED) is 0.668. The number of hydrazine groups is 1. The molecule has 0 saturated carbocycles. The molecule has 0 atom stereocenters. The van der Waals surface area contributed by atoms with Gasteiger partial charge in [0.05, 0.1) is 12.8 Å². The number of hydrogen-bond acceptors (Lipinski definition) is 7. The normalized spacial score (nSPS) is 10.4. The number of hydrogen-bond donors (Lipinski definition) is 2. The summed E-state index contributed by atoms with van der Waals surface area (Å²) in [5.41, 5.74) is 5.77. The van der Waals surface area contributed by atoms with E-state index in [2.05, 4.69) is 30.9 Å². The number of nitrogens with zero attached hydrogens (tertiary/aromatic N) is 5. The number of anilines is 1. The number of amides is 1. The molecule has 128 valence electrons. The molecule has 10 heteroatoms. The number of halogens is 1. The highest BCUT2D eigenvalue weighted by molar-refractivity contribution is 6.30. The highest BCUT2D eigenvalue weighted by atomic mass is 35.5. The Hall–Kier alpha value is -3.20. The maximum atomic E-state index is 12.2. The van der Waals surface area contributed by atoms with E-state index < -0.39 is 5.91 Å². The smallest absolute Gasteiger partial charge is 0.309 e. The van der Waals surface area contributed by atoms with Crippen LogP contribution in [0, 0.1) is 6.92 Å². The van der Waals surface area contributed by atoms with Crippen LogP contribution in [0.15, 0.2) is 36.5 Å².